The van der Waals surface area contributed by atoms with Crippen LogP contribution in [0.3, 0.4) is 0 Å². The van der Waals surface area contributed by atoms with E-state index in [2.05, 4.69) is 9.88 Å². The minimum absolute atomic E-state index is 1.11. The molecule has 0 aliphatic carbocycles. The molecule has 19 heavy (non-hydrogen) atoms. The predicted octanol–water partition coefficient (Wildman–Crippen LogP) is 1.39. The lowest BCUT2D eigenvalue weighted by Gasteiger charge is -2.29. The van der Waals surface area contributed by atoms with Gasteiger partial charge < -0.3 is 4.74 Å². The Balaban J connectivity index is 5.59. The van der Waals surface area contributed by atoms with Crippen LogP contribution in [0, 0.1) is 5.41 Å². The number of alkyl halides is 5. The van der Waals surface area contributed by atoms with Crippen LogP contribution in [0.2, 0.25) is 0 Å². The smallest absolute Gasteiger partial charge is 0.432 e. The van der Waals surface area contributed by atoms with Crippen LogP contribution in [0.4, 0.5) is 22.0 Å². The van der Waals surface area contributed by atoms with Crippen LogP contribution < -0.4 is 5.14 Å². The molecule has 0 spiro atoms. The van der Waals surface area contributed by atoms with Crippen molar-refractivity contribution in [2.75, 3.05) is 0 Å². The molecule has 11 heteroatoms. The Hall–Kier alpha value is -0.970. The van der Waals surface area contributed by atoms with Crippen LogP contribution in [0.5, 0.6) is 0 Å². The average molecular weight is 313 g/mol. The number of carbonyl (C=O) groups is 1. The fourth-order valence-electron chi connectivity index (χ4n) is 0.759. The van der Waals surface area contributed by atoms with E-state index >= 15 is 0 Å². The van der Waals surface area contributed by atoms with E-state index in [1.54, 1.807) is 0 Å². The van der Waals surface area contributed by atoms with Crippen LogP contribution >= 0.6 is 0 Å². The largest absolute Gasteiger partial charge is 0.444 e. The highest BCUT2D eigenvalue weighted by atomic mass is 32.2. The third-order valence-electron chi connectivity index (χ3n) is 1.82. The van der Waals surface area contributed by atoms with Gasteiger partial charge in [-0.2, -0.15) is 22.0 Å². The summed E-state index contributed by atoms with van der Waals surface area (Å²) in [6.07, 6.45) is -9.96. The number of hydrogen-bond acceptors (Lipinski definition) is 4. The summed E-state index contributed by atoms with van der Waals surface area (Å²) in [6, 6.07) is 0. The maximum absolute atomic E-state index is 13.1. The van der Waals surface area contributed by atoms with E-state index in [1.807, 2.05) is 0 Å². The van der Waals surface area contributed by atoms with E-state index < -0.39 is 38.9 Å². The standard InChI is InChI=1S/C8H12F5NO4S/c1-6(2,3)5(15)18-4(7(9,10)11)8(12,13)19(14,16)17/h4H,1-3H3,(H2,14,16,17). The van der Waals surface area contributed by atoms with E-state index in [4.69, 9.17) is 0 Å². The molecule has 0 aromatic rings. The Morgan fingerprint density at radius 3 is 1.68 bits per heavy atom. The third kappa shape index (κ3) is 4.27. The fourth-order valence-corrected chi connectivity index (χ4v) is 1.24. The molecule has 0 aromatic heterocycles. The molecular formula is C8H12F5NO4S. The minimum atomic E-state index is -5.91. The monoisotopic (exact) mass is 313 g/mol. The van der Waals surface area contributed by atoms with Crippen LogP contribution in [-0.2, 0) is 19.6 Å². The normalized spacial score (nSPS) is 16.1. The summed E-state index contributed by atoms with van der Waals surface area (Å²) in [5, 5.41) is -1.45. The number of esters is 1. The number of rotatable bonds is 3. The summed E-state index contributed by atoms with van der Waals surface area (Å²) in [5.41, 5.74) is -1.53. The molecule has 1 unspecified atom stereocenters. The second kappa shape index (κ2) is 4.85. The quantitative estimate of drug-likeness (QED) is 0.630. The third-order valence-corrected chi connectivity index (χ3v) is 2.79. The average Bonchev–Trinajstić information content (AvgIpc) is 2.07. The maximum Gasteiger partial charge on any atom is 0.432 e. The van der Waals surface area contributed by atoms with E-state index in [9.17, 15) is 35.2 Å². The molecule has 0 bridgehead atoms. The summed E-state index contributed by atoms with van der Waals surface area (Å²) in [5.74, 6) is -1.64. The topological polar surface area (TPSA) is 86.5 Å². The molecule has 0 rings (SSSR count). The predicted molar refractivity (Wildman–Crippen MR) is 53.4 cm³/mol. The zero-order valence-electron chi connectivity index (χ0n) is 10.1. The Morgan fingerprint density at radius 2 is 1.47 bits per heavy atom. The van der Waals surface area contributed by atoms with Gasteiger partial charge in [0.25, 0.3) is 16.1 Å². The lowest BCUT2D eigenvalue weighted by molar-refractivity contribution is -0.261. The van der Waals surface area contributed by atoms with E-state index in [-0.39, 0.29) is 0 Å². The summed E-state index contributed by atoms with van der Waals surface area (Å²) >= 11 is 0. The molecule has 0 aliphatic heterocycles. The summed E-state index contributed by atoms with van der Waals surface area (Å²) < 4.78 is 88.1. The summed E-state index contributed by atoms with van der Waals surface area (Å²) in [7, 11) is -5.91. The number of ether oxygens (including phenoxy) is 1. The van der Waals surface area contributed by atoms with Crippen molar-refractivity contribution >= 4 is 16.0 Å². The Morgan fingerprint density at radius 1 is 1.11 bits per heavy atom. The number of halogens is 5. The maximum atomic E-state index is 13.1. The number of nitrogens with two attached hydrogens (primary N) is 1. The molecule has 5 nitrogen and oxygen atoms in total. The summed E-state index contributed by atoms with van der Waals surface area (Å²) in [6.45, 7) is 3.33. The SMILES string of the molecule is CC(C)(C)C(=O)OC(C(F)(F)F)C(F)(F)S(N)(=O)=O. The van der Waals surface area contributed by atoms with Gasteiger partial charge in [0.2, 0.25) is 0 Å². The zero-order chi connectivity index (χ0) is 15.9. The highest BCUT2D eigenvalue weighted by Crippen LogP contribution is 2.38. The molecule has 0 aliphatic rings. The van der Waals surface area contributed by atoms with Gasteiger partial charge in [-0.05, 0) is 20.8 Å². The molecule has 0 heterocycles. The molecule has 0 aromatic carbocycles. The second-order valence-electron chi connectivity index (χ2n) is 4.68. The number of sulfonamides is 1. The minimum Gasteiger partial charge on any atom is -0.444 e. The van der Waals surface area contributed by atoms with Crippen molar-refractivity contribution in [1.82, 2.24) is 0 Å². The van der Waals surface area contributed by atoms with Crippen LogP contribution in [0.1, 0.15) is 20.8 Å². The number of carbonyl (C=O) groups excluding carboxylic acids is 1. The molecule has 0 radical (unpaired) electrons. The van der Waals surface area contributed by atoms with Crippen molar-refractivity contribution < 1.29 is 39.9 Å². The van der Waals surface area contributed by atoms with Crippen LogP contribution in [0.15, 0.2) is 0 Å². The van der Waals surface area contributed by atoms with Crippen molar-refractivity contribution in [2.45, 2.75) is 38.3 Å². The Kier molecular flexibility index (Phi) is 4.60. The highest BCUT2D eigenvalue weighted by molar-refractivity contribution is 7.90. The van der Waals surface area contributed by atoms with Gasteiger partial charge in [-0.3, -0.25) is 4.79 Å². The Labute approximate surface area is 105 Å². The van der Waals surface area contributed by atoms with Crippen LogP contribution in [-0.4, -0.2) is 31.9 Å². The van der Waals surface area contributed by atoms with Crippen molar-refractivity contribution in [3.8, 4) is 0 Å². The van der Waals surface area contributed by atoms with Gasteiger partial charge in [-0.15, -0.1) is 0 Å². The van der Waals surface area contributed by atoms with Gasteiger partial charge in [0, 0.05) is 0 Å². The molecule has 0 amide bonds. The molecular weight excluding hydrogens is 301 g/mol. The lowest BCUT2D eigenvalue weighted by Crippen LogP contribution is -2.55. The number of hydrogen-bond donors (Lipinski definition) is 1. The number of primary sulfonamides is 1. The van der Waals surface area contributed by atoms with Crippen molar-refractivity contribution in [2.24, 2.45) is 10.6 Å². The first-order valence-corrected chi connectivity index (χ1v) is 6.24. The van der Waals surface area contributed by atoms with Crippen molar-refractivity contribution in [3.05, 3.63) is 0 Å². The molecule has 0 saturated heterocycles. The van der Waals surface area contributed by atoms with Gasteiger partial charge in [-0.1, -0.05) is 0 Å². The van der Waals surface area contributed by atoms with Crippen molar-refractivity contribution in [3.63, 3.8) is 0 Å². The molecule has 0 fully saturated rings. The first kappa shape index (κ1) is 18.0. The van der Waals surface area contributed by atoms with Gasteiger partial charge in [-0.25, -0.2) is 13.6 Å². The van der Waals surface area contributed by atoms with Gasteiger partial charge in [0.1, 0.15) is 0 Å². The highest BCUT2D eigenvalue weighted by Gasteiger charge is 2.65. The molecule has 1 atom stereocenters. The van der Waals surface area contributed by atoms with E-state index in [0.717, 1.165) is 20.8 Å². The summed E-state index contributed by atoms with van der Waals surface area (Å²) in [4.78, 5) is 11.2. The first-order chi connectivity index (χ1) is 8.01. The first-order valence-electron chi connectivity index (χ1n) is 4.69. The van der Waals surface area contributed by atoms with E-state index in [0.29, 0.717) is 0 Å². The molecule has 114 valence electrons. The Bertz CT molecular complexity index is 451. The van der Waals surface area contributed by atoms with E-state index in [1.165, 1.54) is 0 Å². The lowest BCUT2D eigenvalue weighted by atomic mass is 9.97. The van der Waals surface area contributed by atoms with Gasteiger partial charge in [0.05, 0.1) is 5.41 Å². The zero-order valence-corrected chi connectivity index (χ0v) is 10.9. The van der Waals surface area contributed by atoms with Gasteiger partial charge >= 0.3 is 17.4 Å². The molecule has 0 saturated carbocycles. The molecule has 2 N–H and O–H groups in total. The fraction of sp³-hybridized carbons (Fsp3) is 0.875. The van der Waals surface area contributed by atoms with Crippen molar-refractivity contribution in [1.29, 1.82) is 0 Å². The second-order valence-corrected chi connectivity index (χ2v) is 6.32. The van der Waals surface area contributed by atoms with Crippen LogP contribution in [0.25, 0.3) is 0 Å². The van der Waals surface area contributed by atoms with Gasteiger partial charge in [0.15, 0.2) is 0 Å².